The zero-order valence-electron chi connectivity index (χ0n) is 14.2. The van der Waals surface area contributed by atoms with E-state index in [2.05, 4.69) is 11.9 Å². The second-order valence-corrected chi connectivity index (χ2v) is 8.16. The molecule has 3 atom stereocenters. The second-order valence-electron chi connectivity index (χ2n) is 7.02. The fourth-order valence-corrected chi connectivity index (χ4v) is 4.86. The molecule has 0 amide bonds. The minimum absolute atomic E-state index is 0.120. The lowest BCUT2D eigenvalue weighted by Gasteiger charge is -2.32. The highest BCUT2D eigenvalue weighted by atomic mass is 32.2. The number of ether oxygens (including phenoxy) is 1. The van der Waals surface area contributed by atoms with E-state index in [9.17, 15) is 14.9 Å². The molecule has 8 heteroatoms. The van der Waals surface area contributed by atoms with Gasteiger partial charge in [0.2, 0.25) is 0 Å². The van der Waals surface area contributed by atoms with Gasteiger partial charge in [0, 0.05) is 23.3 Å². The van der Waals surface area contributed by atoms with E-state index in [1.165, 1.54) is 11.8 Å². The van der Waals surface area contributed by atoms with Crippen molar-refractivity contribution in [1.82, 2.24) is 4.90 Å². The lowest BCUT2D eigenvalue weighted by molar-refractivity contribution is 0.00519. The summed E-state index contributed by atoms with van der Waals surface area (Å²) >= 11 is 1.54. The summed E-state index contributed by atoms with van der Waals surface area (Å²) < 4.78 is 11.1. The highest BCUT2D eigenvalue weighted by Crippen LogP contribution is 2.60. The van der Waals surface area contributed by atoms with Crippen LogP contribution in [0.5, 0.6) is 5.75 Å². The maximum absolute atomic E-state index is 11.8. The molecule has 2 fully saturated rings. The second kappa shape index (κ2) is 6.83. The van der Waals surface area contributed by atoms with Crippen LogP contribution in [-0.4, -0.2) is 66.7 Å². The number of hydrogen-bond acceptors (Lipinski definition) is 6. The molecular formula is C17H22BNO5S. The van der Waals surface area contributed by atoms with Crippen molar-refractivity contribution in [3.8, 4) is 5.75 Å². The minimum atomic E-state index is -0.997. The Labute approximate surface area is 151 Å². The van der Waals surface area contributed by atoms with Crippen LogP contribution in [0.1, 0.15) is 34.7 Å². The molecule has 2 N–H and O–H groups in total. The Morgan fingerprint density at radius 3 is 3.08 bits per heavy atom. The molecule has 6 nitrogen and oxygen atoms in total. The van der Waals surface area contributed by atoms with Crippen molar-refractivity contribution in [2.75, 3.05) is 32.6 Å². The molecule has 0 radical (unpaired) electrons. The van der Waals surface area contributed by atoms with Gasteiger partial charge in [0.25, 0.3) is 0 Å². The smallest absolute Gasteiger partial charge is 0.526 e. The Morgan fingerprint density at radius 1 is 1.48 bits per heavy atom. The first kappa shape index (κ1) is 17.2. The number of morpholine rings is 1. The van der Waals surface area contributed by atoms with Crippen LogP contribution >= 0.6 is 11.8 Å². The minimum Gasteiger partial charge on any atom is -0.535 e. The van der Waals surface area contributed by atoms with E-state index in [0.29, 0.717) is 16.7 Å². The van der Waals surface area contributed by atoms with Gasteiger partial charge in [0.1, 0.15) is 11.3 Å². The number of nitrogens with zero attached hydrogens (tertiary/aromatic N) is 1. The molecule has 134 valence electrons. The fraction of sp³-hybridized carbons (Fsp3) is 0.588. The predicted octanol–water partition coefficient (Wildman–Crippen LogP) is 1.93. The molecule has 2 aliphatic heterocycles. The Kier molecular flexibility index (Phi) is 4.70. The van der Waals surface area contributed by atoms with Gasteiger partial charge in [0.05, 0.1) is 13.2 Å². The molecule has 1 aromatic carbocycles. The van der Waals surface area contributed by atoms with Crippen LogP contribution in [0, 0.1) is 0 Å². The molecule has 3 unspecified atom stereocenters. The van der Waals surface area contributed by atoms with Crippen LogP contribution in [0.3, 0.4) is 0 Å². The Hall–Kier alpha value is -1.22. The van der Waals surface area contributed by atoms with Crippen molar-refractivity contribution >= 4 is 24.8 Å². The van der Waals surface area contributed by atoms with E-state index in [0.717, 1.165) is 43.9 Å². The van der Waals surface area contributed by atoms with Crippen molar-refractivity contribution in [2.24, 2.45) is 0 Å². The maximum atomic E-state index is 11.8. The van der Waals surface area contributed by atoms with Gasteiger partial charge in [-0.25, -0.2) is 4.79 Å². The number of hydrogen-bond donors (Lipinski definition) is 2. The SMILES string of the molecule is CN1CCOCC1CCSc1ccc2c(c1C(=O)O)OB(O)C1CC21. The third-order valence-corrected chi connectivity index (χ3v) is 6.53. The van der Waals surface area contributed by atoms with Crippen LogP contribution in [-0.2, 0) is 4.74 Å². The molecule has 25 heavy (non-hydrogen) atoms. The van der Waals surface area contributed by atoms with Gasteiger partial charge >= 0.3 is 13.1 Å². The molecule has 3 aliphatic rings. The van der Waals surface area contributed by atoms with Gasteiger partial charge in [0.15, 0.2) is 0 Å². The number of fused-ring (bicyclic) bond motifs is 3. The standard InChI is InChI=1S/C17H22BNO5S/c1-19-5-6-23-9-10(19)4-7-25-14-3-2-11-12-8-13(12)18(22)24-16(11)15(14)17(20)21/h2-3,10,12-13,22H,4-9H2,1H3,(H,20,21). The quantitative estimate of drug-likeness (QED) is 0.611. The molecule has 1 aliphatic carbocycles. The largest absolute Gasteiger partial charge is 0.535 e. The van der Waals surface area contributed by atoms with Crippen molar-refractivity contribution in [3.05, 3.63) is 23.3 Å². The molecule has 1 aromatic rings. The van der Waals surface area contributed by atoms with Gasteiger partial charge in [-0.3, -0.25) is 4.90 Å². The summed E-state index contributed by atoms with van der Waals surface area (Å²) in [6.45, 7) is 2.43. The van der Waals surface area contributed by atoms with E-state index in [4.69, 9.17) is 9.39 Å². The number of aromatic carboxylic acids is 1. The van der Waals surface area contributed by atoms with E-state index in [1.807, 2.05) is 12.1 Å². The van der Waals surface area contributed by atoms with E-state index >= 15 is 0 Å². The normalized spacial score (nSPS) is 28.1. The molecule has 1 saturated carbocycles. The number of benzene rings is 1. The Balaban J connectivity index is 1.50. The molecule has 0 aromatic heterocycles. The highest BCUT2D eigenvalue weighted by Gasteiger charge is 2.54. The first-order valence-corrected chi connectivity index (χ1v) is 9.70. The van der Waals surface area contributed by atoms with Crippen molar-refractivity contribution < 1.29 is 24.3 Å². The average molecular weight is 363 g/mol. The lowest BCUT2D eigenvalue weighted by atomic mass is 9.77. The number of carboxylic acid groups (broad SMARTS) is 1. The van der Waals surface area contributed by atoms with Crippen LogP contribution in [0.2, 0.25) is 5.82 Å². The van der Waals surface area contributed by atoms with Crippen molar-refractivity contribution in [3.63, 3.8) is 0 Å². The molecule has 2 heterocycles. The summed E-state index contributed by atoms with van der Waals surface area (Å²) in [6, 6.07) is 4.23. The Bertz CT molecular complexity index is 687. The molecule has 4 rings (SSSR count). The molecule has 0 spiro atoms. The molecule has 1 saturated heterocycles. The molecule has 0 bridgehead atoms. The summed E-state index contributed by atoms with van der Waals surface area (Å²) in [5.74, 6) is 0.538. The number of thioether (sulfide) groups is 1. The highest BCUT2D eigenvalue weighted by molar-refractivity contribution is 7.99. The van der Waals surface area contributed by atoms with E-state index in [1.54, 1.807) is 0 Å². The lowest BCUT2D eigenvalue weighted by Crippen LogP contribution is -2.42. The maximum Gasteiger partial charge on any atom is 0.526 e. The van der Waals surface area contributed by atoms with Gasteiger partial charge < -0.3 is 19.5 Å². The third kappa shape index (κ3) is 3.28. The van der Waals surface area contributed by atoms with Crippen LogP contribution in [0.15, 0.2) is 17.0 Å². The van der Waals surface area contributed by atoms with Gasteiger partial charge in [-0.1, -0.05) is 6.07 Å². The van der Waals surface area contributed by atoms with Crippen LogP contribution in [0.25, 0.3) is 0 Å². The zero-order valence-corrected chi connectivity index (χ0v) is 15.0. The number of likely N-dealkylation sites (N-methyl/N-ethyl adjacent to an activating group) is 1. The van der Waals surface area contributed by atoms with Crippen LogP contribution in [0.4, 0.5) is 0 Å². The predicted molar refractivity (Wildman–Crippen MR) is 95.7 cm³/mol. The summed E-state index contributed by atoms with van der Waals surface area (Å²) in [6.07, 6.45) is 1.80. The topological polar surface area (TPSA) is 79.2 Å². The molecular weight excluding hydrogens is 341 g/mol. The summed E-state index contributed by atoms with van der Waals surface area (Å²) in [5, 5.41) is 19.7. The van der Waals surface area contributed by atoms with Crippen molar-refractivity contribution in [2.45, 2.75) is 35.5 Å². The van der Waals surface area contributed by atoms with Gasteiger partial charge in [-0.05, 0) is 43.2 Å². The number of carboxylic acids is 1. The van der Waals surface area contributed by atoms with Crippen LogP contribution < -0.4 is 4.65 Å². The number of carbonyl (C=O) groups is 1. The monoisotopic (exact) mass is 363 g/mol. The first-order valence-electron chi connectivity index (χ1n) is 8.72. The summed E-state index contributed by atoms with van der Waals surface area (Å²) in [4.78, 5) is 14.8. The van der Waals surface area contributed by atoms with E-state index < -0.39 is 13.1 Å². The summed E-state index contributed by atoms with van der Waals surface area (Å²) in [7, 11) is 1.21. The van der Waals surface area contributed by atoms with Gasteiger partial charge in [-0.15, -0.1) is 11.8 Å². The van der Waals surface area contributed by atoms with E-state index in [-0.39, 0.29) is 17.3 Å². The zero-order chi connectivity index (χ0) is 17.6. The average Bonchev–Trinajstić information content (AvgIpc) is 3.37. The first-order chi connectivity index (χ1) is 12.1. The number of rotatable bonds is 5. The third-order valence-electron chi connectivity index (χ3n) is 5.44. The Morgan fingerprint density at radius 2 is 2.32 bits per heavy atom. The summed E-state index contributed by atoms with van der Waals surface area (Å²) in [5.41, 5.74) is 1.12. The van der Waals surface area contributed by atoms with Gasteiger partial charge in [-0.2, -0.15) is 0 Å². The van der Waals surface area contributed by atoms with Crippen molar-refractivity contribution in [1.29, 1.82) is 0 Å². The fourth-order valence-electron chi connectivity index (χ4n) is 3.76.